The lowest BCUT2D eigenvalue weighted by molar-refractivity contribution is -0.0331. The summed E-state index contributed by atoms with van der Waals surface area (Å²) >= 11 is 0.120. The molecule has 2 nitrogen and oxygen atoms in total. The minimum absolute atomic E-state index is 0.0675. The first-order chi connectivity index (χ1) is 9.49. The molecule has 1 N–H and O–H groups in total. The third-order valence-corrected chi connectivity index (χ3v) is 5.47. The molecule has 20 heavy (non-hydrogen) atoms. The molecule has 2 aliphatic carbocycles. The molecule has 0 aromatic carbocycles. The fourth-order valence-corrected chi connectivity index (χ4v) is 4.03. The molecule has 3 rings (SSSR count). The Bertz CT molecular complexity index is 344. The van der Waals surface area contributed by atoms with Gasteiger partial charge in [0.25, 0.3) is 0 Å². The molecule has 3 fully saturated rings. The number of nitrogens with one attached hydrogen (secondary N) is 1. The van der Waals surface area contributed by atoms with Crippen molar-refractivity contribution in [2.75, 3.05) is 18.9 Å². The molecule has 0 aromatic heterocycles. The van der Waals surface area contributed by atoms with E-state index >= 15 is 0 Å². The van der Waals surface area contributed by atoms with E-state index in [9.17, 15) is 13.2 Å². The van der Waals surface area contributed by atoms with Gasteiger partial charge in [-0.2, -0.15) is 13.2 Å². The Hall–Kier alpha value is 0.0600. The van der Waals surface area contributed by atoms with Gasteiger partial charge in [-0.1, -0.05) is 11.8 Å². The van der Waals surface area contributed by atoms with Gasteiger partial charge in [0.15, 0.2) is 0 Å². The lowest BCUT2D eigenvalue weighted by Gasteiger charge is -2.35. The van der Waals surface area contributed by atoms with Crippen molar-refractivity contribution < 1.29 is 17.9 Å². The van der Waals surface area contributed by atoms with E-state index in [1.807, 2.05) is 0 Å². The van der Waals surface area contributed by atoms with Crippen molar-refractivity contribution in [2.45, 2.75) is 56.2 Å². The zero-order valence-corrected chi connectivity index (χ0v) is 12.4. The van der Waals surface area contributed by atoms with Gasteiger partial charge < -0.3 is 10.1 Å². The summed E-state index contributed by atoms with van der Waals surface area (Å²) in [5.41, 5.74) is -4.18. The van der Waals surface area contributed by atoms with Gasteiger partial charge in [0.2, 0.25) is 0 Å². The Balaban J connectivity index is 1.59. The summed E-state index contributed by atoms with van der Waals surface area (Å²) < 4.78 is 43.0. The SMILES string of the molecule is FC(F)(F)SCCC1(CNC2CC2)CCOC1C1CC1. The highest BCUT2D eigenvalue weighted by atomic mass is 32.2. The van der Waals surface area contributed by atoms with Crippen molar-refractivity contribution in [3.05, 3.63) is 0 Å². The van der Waals surface area contributed by atoms with Gasteiger partial charge in [0.1, 0.15) is 0 Å². The van der Waals surface area contributed by atoms with Crippen LogP contribution in [0, 0.1) is 11.3 Å². The number of halogens is 3. The molecule has 1 heterocycles. The third-order valence-electron chi connectivity index (χ3n) is 4.74. The van der Waals surface area contributed by atoms with Crippen LogP contribution in [0.25, 0.3) is 0 Å². The second-order valence-electron chi connectivity index (χ2n) is 6.44. The number of hydrogen-bond donors (Lipinski definition) is 1. The third kappa shape index (κ3) is 3.83. The predicted molar refractivity (Wildman–Crippen MR) is 73.7 cm³/mol. The topological polar surface area (TPSA) is 21.3 Å². The van der Waals surface area contributed by atoms with Crippen LogP contribution >= 0.6 is 11.8 Å². The monoisotopic (exact) mass is 309 g/mol. The van der Waals surface area contributed by atoms with Crippen molar-refractivity contribution in [1.82, 2.24) is 5.32 Å². The van der Waals surface area contributed by atoms with E-state index in [4.69, 9.17) is 4.74 Å². The molecule has 116 valence electrons. The summed E-state index contributed by atoms with van der Waals surface area (Å²) in [7, 11) is 0. The molecular formula is C14H22F3NOS. The Kier molecular flexibility index (Phi) is 4.26. The maximum Gasteiger partial charge on any atom is 0.441 e. The fourth-order valence-electron chi connectivity index (χ4n) is 3.29. The van der Waals surface area contributed by atoms with Gasteiger partial charge in [-0.15, -0.1) is 0 Å². The van der Waals surface area contributed by atoms with Crippen LogP contribution in [0.15, 0.2) is 0 Å². The fraction of sp³-hybridized carbons (Fsp3) is 1.00. The normalized spacial score (nSPS) is 34.6. The van der Waals surface area contributed by atoms with E-state index in [2.05, 4.69) is 5.32 Å². The van der Waals surface area contributed by atoms with Gasteiger partial charge in [-0.3, -0.25) is 0 Å². The molecule has 0 amide bonds. The van der Waals surface area contributed by atoms with Crippen LogP contribution < -0.4 is 5.32 Å². The molecule has 6 heteroatoms. The summed E-state index contributed by atoms with van der Waals surface area (Å²) in [6, 6.07) is 0.600. The smallest absolute Gasteiger partial charge is 0.377 e. The Labute approximate surface area is 122 Å². The van der Waals surface area contributed by atoms with E-state index in [-0.39, 0.29) is 29.0 Å². The molecule has 2 unspecified atom stereocenters. The van der Waals surface area contributed by atoms with Crippen LogP contribution in [0.5, 0.6) is 0 Å². The zero-order chi connectivity index (χ0) is 14.2. The standard InChI is InChI=1S/C14H22F3NOS/c15-14(16,17)20-8-6-13(9-18-11-3-4-11)5-7-19-12(13)10-1-2-10/h10-12,18H,1-9H2. The highest BCUT2D eigenvalue weighted by molar-refractivity contribution is 8.00. The van der Waals surface area contributed by atoms with Gasteiger partial charge in [0, 0.05) is 30.4 Å². The number of thioether (sulfide) groups is 1. The zero-order valence-electron chi connectivity index (χ0n) is 11.5. The molecule has 2 saturated carbocycles. The van der Waals surface area contributed by atoms with E-state index in [1.54, 1.807) is 0 Å². The van der Waals surface area contributed by atoms with Crippen molar-refractivity contribution >= 4 is 11.8 Å². The van der Waals surface area contributed by atoms with E-state index in [0.717, 1.165) is 13.0 Å². The summed E-state index contributed by atoms with van der Waals surface area (Å²) in [4.78, 5) is 0. The first kappa shape index (κ1) is 15.0. The lowest BCUT2D eigenvalue weighted by atomic mass is 9.76. The first-order valence-corrected chi connectivity index (χ1v) is 8.53. The van der Waals surface area contributed by atoms with Gasteiger partial charge in [0.05, 0.1) is 6.10 Å². The van der Waals surface area contributed by atoms with Crippen LogP contribution in [0.2, 0.25) is 0 Å². The Morgan fingerprint density at radius 3 is 2.55 bits per heavy atom. The number of alkyl halides is 3. The maximum absolute atomic E-state index is 12.4. The summed E-state index contributed by atoms with van der Waals surface area (Å²) in [5.74, 6) is 0.747. The van der Waals surface area contributed by atoms with Crippen LogP contribution in [0.1, 0.15) is 38.5 Å². The molecule has 0 radical (unpaired) electrons. The molecule has 1 saturated heterocycles. The van der Waals surface area contributed by atoms with Crippen molar-refractivity contribution in [3.8, 4) is 0 Å². The number of hydrogen-bond acceptors (Lipinski definition) is 3. The largest absolute Gasteiger partial charge is 0.441 e. The van der Waals surface area contributed by atoms with E-state index in [1.165, 1.54) is 25.7 Å². The van der Waals surface area contributed by atoms with Crippen LogP contribution in [-0.4, -0.2) is 36.6 Å². The van der Waals surface area contributed by atoms with Crippen LogP contribution in [-0.2, 0) is 4.74 Å². The van der Waals surface area contributed by atoms with Gasteiger partial charge in [-0.25, -0.2) is 0 Å². The molecule has 0 bridgehead atoms. The minimum atomic E-state index is -4.11. The predicted octanol–water partition coefficient (Wildman–Crippen LogP) is 3.57. The second kappa shape index (κ2) is 5.69. The van der Waals surface area contributed by atoms with Crippen molar-refractivity contribution in [2.24, 2.45) is 11.3 Å². The highest BCUT2D eigenvalue weighted by Gasteiger charge is 2.51. The Morgan fingerprint density at radius 2 is 1.95 bits per heavy atom. The van der Waals surface area contributed by atoms with Crippen LogP contribution in [0.4, 0.5) is 13.2 Å². The summed E-state index contributed by atoms with van der Waals surface area (Å²) in [5, 5.41) is 3.53. The maximum atomic E-state index is 12.4. The van der Waals surface area contributed by atoms with Crippen molar-refractivity contribution in [1.29, 1.82) is 0 Å². The number of rotatable bonds is 7. The van der Waals surface area contributed by atoms with Crippen LogP contribution in [0.3, 0.4) is 0 Å². The first-order valence-electron chi connectivity index (χ1n) is 7.54. The Morgan fingerprint density at radius 1 is 1.20 bits per heavy atom. The average molecular weight is 309 g/mol. The highest BCUT2D eigenvalue weighted by Crippen LogP contribution is 2.50. The van der Waals surface area contributed by atoms with Crippen molar-refractivity contribution in [3.63, 3.8) is 0 Å². The lowest BCUT2D eigenvalue weighted by Crippen LogP contribution is -2.43. The molecule has 0 aromatic rings. The molecule has 2 atom stereocenters. The second-order valence-corrected chi connectivity index (χ2v) is 7.60. The summed E-state index contributed by atoms with van der Waals surface area (Å²) in [6.45, 7) is 1.54. The molecular weight excluding hydrogens is 287 g/mol. The quantitative estimate of drug-likeness (QED) is 0.777. The van der Waals surface area contributed by atoms with Gasteiger partial charge >= 0.3 is 5.51 Å². The average Bonchev–Trinajstić information content (AvgIpc) is 3.26. The molecule has 3 aliphatic rings. The minimum Gasteiger partial charge on any atom is -0.377 e. The molecule has 1 aliphatic heterocycles. The summed E-state index contributed by atoms with van der Waals surface area (Å²) in [6.07, 6.45) is 6.49. The van der Waals surface area contributed by atoms with Gasteiger partial charge in [-0.05, 0) is 44.4 Å². The van der Waals surface area contributed by atoms with E-state index < -0.39 is 5.51 Å². The van der Waals surface area contributed by atoms with E-state index in [0.29, 0.717) is 25.0 Å². The number of ether oxygens (including phenoxy) is 1. The molecule has 0 spiro atoms.